The maximum absolute atomic E-state index is 14.3. The minimum absolute atomic E-state index is 0.0342. The number of hydrogen-bond donors (Lipinski definition) is 5. The Morgan fingerprint density at radius 1 is 0.672 bits per heavy atom. The highest BCUT2D eigenvalue weighted by Gasteiger charge is 2.34. The molecular weight excluding hydrogens is 774 g/mol. The molecule has 5 aromatic rings. The second kappa shape index (κ2) is 18.6. The van der Waals surface area contributed by atoms with Crippen LogP contribution < -0.4 is 26.0 Å². The number of carboxylic acids is 1. The van der Waals surface area contributed by atoms with Crippen LogP contribution in [0.1, 0.15) is 27.1 Å². The molecule has 0 spiro atoms. The maximum atomic E-state index is 14.3. The van der Waals surface area contributed by atoms with Gasteiger partial charge in [-0.25, -0.2) is 4.79 Å². The molecule has 5 N–H and O–H groups in total. The lowest BCUT2D eigenvalue weighted by Crippen LogP contribution is -2.59. The van der Waals surface area contributed by atoms with Crippen molar-refractivity contribution in [1.29, 1.82) is 0 Å². The molecule has 2 bridgehead atoms. The van der Waals surface area contributed by atoms with E-state index in [-0.39, 0.29) is 30.6 Å². The van der Waals surface area contributed by atoms with Crippen molar-refractivity contribution in [2.75, 3.05) is 6.61 Å². The number of carbonyl (C=O) groups excluding carboxylic acids is 4. The van der Waals surface area contributed by atoms with Gasteiger partial charge in [-0.2, -0.15) is 13.2 Å². The summed E-state index contributed by atoms with van der Waals surface area (Å²) in [5, 5.41) is 22.4. The van der Waals surface area contributed by atoms with Crippen molar-refractivity contribution < 1.29 is 47.0 Å². The fourth-order valence-corrected chi connectivity index (χ4v) is 7.18. The van der Waals surface area contributed by atoms with Crippen LogP contribution in [0.5, 0.6) is 5.75 Å². The lowest BCUT2D eigenvalue weighted by atomic mass is 9.98. The van der Waals surface area contributed by atoms with Crippen molar-refractivity contribution in [2.24, 2.45) is 0 Å². The number of hydrogen-bond acceptors (Lipinski definition) is 7. The molecule has 1 unspecified atom stereocenters. The lowest BCUT2D eigenvalue weighted by Gasteiger charge is -2.26. The van der Waals surface area contributed by atoms with Crippen molar-refractivity contribution in [3.05, 3.63) is 148 Å². The molecule has 11 nitrogen and oxygen atoms in total. The number of thiophene rings is 1. The van der Waals surface area contributed by atoms with E-state index in [2.05, 4.69) is 21.3 Å². The molecule has 2 aliphatic rings. The third kappa shape index (κ3) is 11.3. The molecule has 0 saturated heterocycles. The molecule has 4 aromatic carbocycles. The van der Waals surface area contributed by atoms with Gasteiger partial charge in [-0.1, -0.05) is 91.0 Å². The van der Waals surface area contributed by atoms with Crippen LogP contribution in [-0.4, -0.2) is 65.5 Å². The third-order valence-corrected chi connectivity index (χ3v) is 10.3. The van der Waals surface area contributed by atoms with Gasteiger partial charge in [0.25, 0.3) is 5.91 Å². The Morgan fingerprint density at radius 2 is 1.29 bits per heavy atom. The zero-order chi connectivity index (χ0) is 41.2. The molecule has 2 aliphatic heterocycles. The average molecular weight is 813 g/mol. The highest BCUT2D eigenvalue weighted by Crippen LogP contribution is 2.30. The molecule has 0 aliphatic carbocycles. The van der Waals surface area contributed by atoms with Crippen LogP contribution in [0.4, 0.5) is 13.2 Å². The number of ether oxygens (including phenoxy) is 1. The van der Waals surface area contributed by atoms with Crippen molar-refractivity contribution in [2.45, 2.75) is 56.0 Å². The Balaban J connectivity index is 1.36. The predicted octanol–water partition coefficient (Wildman–Crippen LogP) is 5.12. The fraction of sp³-hybridized carbons (Fsp3) is 0.233. The summed E-state index contributed by atoms with van der Waals surface area (Å²) < 4.78 is 46.7. The Morgan fingerprint density at radius 3 is 1.91 bits per heavy atom. The molecule has 15 heteroatoms. The van der Waals surface area contributed by atoms with E-state index in [0.29, 0.717) is 11.1 Å². The second-order valence-corrected chi connectivity index (χ2v) is 14.8. The first kappa shape index (κ1) is 41.2. The van der Waals surface area contributed by atoms with Crippen LogP contribution in [-0.2, 0) is 55.8 Å². The zero-order valence-electron chi connectivity index (χ0n) is 30.8. The number of benzene rings is 4. The quantitative estimate of drug-likeness (QED) is 0.136. The minimum Gasteiger partial charge on any atom is -0.484 e. The molecule has 4 atom stereocenters. The number of alkyl halides is 3. The van der Waals surface area contributed by atoms with E-state index in [1.807, 2.05) is 47.8 Å². The van der Waals surface area contributed by atoms with Gasteiger partial charge in [-0.05, 0) is 57.5 Å². The molecule has 58 heavy (non-hydrogen) atoms. The fourth-order valence-electron chi connectivity index (χ4n) is 6.43. The normalized spacial score (nSPS) is 19.6. The lowest BCUT2D eigenvalue weighted by molar-refractivity contribution is -0.142. The van der Waals surface area contributed by atoms with Gasteiger partial charge in [0.15, 0.2) is 6.61 Å². The molecule has 3 heterocycles. The van der Waals surface area contributed by atoms with E-state index in [1.54, 1.807) is 36.4 Å². The zero-order valence-corrected chi connectivity index (χ0v) is 31.6. The van der Waals surface area contributed by atoms with E-state index >= 15 is 0 Å². The summed E-state index contributed by atoms with van der Waals surface area (Å²) in [4.78, 5) is 68.7. The maximum Gasteiger partial charge on any atom is 0.416 e. The van der Waals surface area contributed by atoms with E-state index in [4.69, 9.17) is 4.74 Å². The highest BCUT2D eigenvalue weighted by atomic mass is 32.1. The molecular formula is C43H39F3N4O7S. The van der Waals surface area contributed by atoms with Crippen LogP contribution in [0.15, 0.2) is 121 Å². The van der Waals surface area contributed by atoms with E-state index < -0.39 is 78.5 Å². The number of fused-ring (bicyclic) bond motifs is 16. The van der Waals surface area contributed by atoms with Crippen molar-refractivity contribution in [3.8, 4) is 16.9 Å². The summed E-state index contributed by atoms with van der Waals surface area (Å²) in [5.41, 5.74) is 1.98. The largest absolute Gasteiger partial charge is 0.484 e. The number of nitrogens with one attached hydrogen (secondary N) is 4. The average Bonchev–Trinajstić information content (AvgIpc) is 3.73. The van der Waals surface area contributed by atoms with Crippen LogP contribution in [0.3, 0.4) is 0 Å². The summed E-state index contributed by atoms with van der Waals surface area (Å²) in [7, 11) is 0. The van der Waals surface area contributed by atoms with Gasteiger partial charge in [0.05, 0.1) is 5.56 Å². The molecule has 300 valence electrons. The molecule has 7 rings (SSSR count). The van der Waals surface area contributed by atoms with Gasteiger partial charge >= 0.3 is 12.1 Å². The van der Waals surface area contributed by atoms with Gasteiger partial charge in [0.1, 0.15) is 29.9 Å². The Bertz CT molecular complexity index is 2220. The van der Waals surface area contributed by atoms with Gasteiger partial charge in [-0.15, -0.1) is 11.3 Å². The first-order chi connectivity index (χ1) is 27.8. The predicted molar refractivity (Wildman–Crippen MR) is 210 cm³/mol. The SMILES string of the molecule is O=C1COc2ccc(cc2)C[C@@H](C(=O)O)NC(=O)[C@@H](Cc2cccc(C(F)(F)F)c2)NC(=O)[C@H](Cc2ccc(-c3ccccc3)cc2)NC(=O)C(Cc2cccs2)N1. The highest BCUT2D eigenvalue weighted by molar-refractivity contribution is 7.09. The Hall–Kier alpha value is -6.48. The minimum atomic E-state index is -4.70. The monoisotopic (exact) mass is 812 g/mol. The van der Waals surface area contributed by atoms with Crippen LogP contribution in [0, 0.1) is 0 Å². The third-order valence-electron chi connectivity index (χ3n) is 9.45. The summed E-state index contributed by atoms with van der Waals surface area (Å²) in [5.74, 6) is -4.33. The smallest absolute Gasteiger partial charge is 0.416 e. The first-order valence-electron chi connectivity index (χ1n) is 18.3. The number of carboxylic acid groups (broad SMARTS) is 1. The van der Waals surface area contributed by atoms with Crippen LogP contribution in [0.25, 0.3) is 11.1 Å². The molecule has 4 amide bonds. The number of amides is 4. The van der Waals surface area contributed by atoms with E-state index in [0.717, 1.165) is 28.1 Å². The van der Waals surface area contributed by atoms with Gasteiger partial charge in [-0.3, -0.25) is 19.2 Å². The number of aliphatic carboxylic acids is 1. The topological polar surface area (TPSA) is 163 Å². The second-order valence-electron chi connectivity index (χ2n) is 13.7. The molecule has 0 radical (unpaired) electrons. The molecule has 0 fully saturated rings. The first-order valence-corrected chi connectivity index (χ1v) is 19.2. The number of carbonyl (C=O) groups is 5. The van der Waals surface area contributed by atoms with Gasteiger partial charge in [0.2, 0.25) is 17.7 Å². The standard InChI is InChI=1S/C43H39F3N4O7S/c44-43(45,46)31-9-4-6-28(20-31)23-35-40(53)50-37(42(55)56)22-27-13-17-32(18-14-27)57-25-38(51)47-36(24-33-10-5-19-58-33)41(54)48-34(39(52)49-35)21-26-11-15-30(16-12-26)29-7-2-1-3-8-29/h1-20,34-37H,21-25H2,(H,47,51)(H,48,54)(H,49,52)(H,50,53)(H,55,56)/t34-,35+,36?,37-/m0/s1. The Kier molecular flexibility index (Phi) is 13.2. The summed E-state index contributed by atoms with van der Waals surface area (Å²) in [6.45, 7) is -0.462. The molecule has 0 saturated carbocycles. The van der Waals surface area contributed by atoms with Crippen LogP contribution >= 0.6 is 11.3 Å². The molecule has 1 aromatic heterocycles. The van der Waals surface area contributed by atoms with E-state index in [1.165, 1.54) is 35.6 Å². The summed E-state index contributed by atoms with van der Waals surface area (Å²) in [6, 6.07) is 25.1. The van der Waals surface area contributed by atoms with Crippen molar-refractivity contribution >= 4 is 40.9 Å². The Labute approximate surface area is 335 Å². The van der Waals surface area contributed by atoms with Gasteiger partial charge < -0.3 is 31.1 Å². The van der Waals surface area contributed by atoms with E-state index in [9.17, 15) is 42.3 Å². The number of halogens is 3. The van der Waals surface area contributed by atoms with Gasteiger partial charge in [0, 0.05) is 30.6 Å². The number of rotatable bonds is 8. The summed E-state index contributed by atoms with van der Waals surface area (Å²) >= 11 is 1.36. The van der Waals surface area contributed by atoms with Crippen LogP contribution in [0.2, 0.25) is 0 Å². The van der Waals surface area contributed by atoms with Crippen molar-refractivity contribution in [1.82, 2.24) is 21.3 Å². The summed E-state index contributed by atoms with van der Waals surface area (Å²) in [6.07, 6.45) is -5.38. The van der Waals surface area contributed by atoms with Crippen molar-refractivity contribution in [3.63, 3.8) is 0 Å².